The van der Waals surface area contributed by atoms with Gasteiger partial charge in [-0.25, -0.2) is 8.78 Å². The van der Waals surface area contributed by atoms with Crippen LogP contribution in [0.1, 0.15) is 43.7 Å². The van der Waals surface area contributed by atoms with Gasteiger partial charge in [-0.2, -0.15) is 0 Å². The highest BCUT2D eigenvalue weighted by Crippen LogP contribution is 2.32. The lowest BCUT2D eigenvalue weighted by Gasteiger charge is -2.19. The second-order valence-corrected chi connectivity index (χ2v) is 7.78. The smallest absolute Gasteiger partial charge is 0.258 e. The summed E-state index contributed by atoms with van der Waals surface area (Å²) in [5.74, 6) is -1.08. The minimum Gasteiger partial charge on any atom is -0.308 e. The van der Waals surface area contributed by atoms with Crippen LogP contribution in [0.25, 0.3) is 0 Å². The molecule has 1 heterocycles. The highest BCUT2D eigenvalue weighted by atomic mass is 19.1. The van der Waals surface area contributed by atoms with E-state index in [4.69, 9.17) is 0 Å². The number of rotatable bonds is 3. The molecule has 0 unspecified atom stereocenters. The number of benzene rings is 3. The topological polar surface area (TPSA) is 20.3 Å². The van der Waals surface area contributed by atoms with E-state index in [9.17, 15) is 13.6 Å². The molecule has 0 saturated carbocycles. The van der Waals surface area contributed by atoms with Crippen LogP contribution in [0, 0.1) is 32.4 Å². The van der Waals surface area contributed by atoms with E-state index in [1.165, 1.54) is 23.8 Å². The molecule has 0 saturated heterocycles. The first kappa shape index (κ1) is 19.3. The Hall–Kier alpha value is -3.01. The molecule has 0 spiro atoms. The molecule has 148 valence electrons. The Morgan fingerprint density at radius 1 is 0.966 bits per heavy atom. The highest BCUT2D eigenvalue weighted by Gasteiger charge is 2.26. The van der Waals surface area contributed by atoms with Gasteiger partial charge in [-0.15, -0.1) is 0 Å². The third-order valence-electron chi connectivity index (χ3n) is 5.90. The maximum atomic E-state index is 14.0. The fraction of sp³-hybridized carbons (Fsp3) is 0.240. The normalized spacial score (nSPS) is 12.9. The maximum absolute atomic E-state index is 14.0. The van der Waals surface area contributed by atoms with Gasteiger partial charge >= 0.3 is 0 Å². The van der Waals surface area contributed by atoms with Crippen LogP contribution in [-0.4, -0.2) is 12.5 Å². The summed E-state index contributed by atoms with van der Waals surface area (Å²) in [6, 6.07) is 13.5. The average Bonchev–Trinajstić information content (AvgIpc) is 3.11. The molecule has 0 bridgehead atoms. The fourth-order valence-corrected chi connectivity index (χ4v) is 4.00. The van der Waals surface area contributed by atoms with E-state index in [1.54, 1.807) is 4.90 Å². The number of amides is 1. The van der Waals surface area contributed by atoms with E-state index in [0.717, 1.165) is 34.4 Å². The second-order valence-electron chi connectivity index (χ2n) is 7.78. The molecular formula is C25H23F2NO. The molecule has 4 heteroatoms. The molecule has 1 amide bonds. The predicted molar refractivity (Wildman–Crippen MR) is 112 cm³/mol. The van der Waals surface area contributed by atoms with Gasteiger partial charge in [0.2, 0.25) is 0 Å². The van der Waals surface area contributed by atoms with Crippen LogP contribution in [-0.2, 0) is 12.8 Å². The SMILES string of the molecule is Cc1cc(C(=O)N2CCc3cc(Cc4c(F)cccc4F)ccc32)cc(C)c1C. The van der Waals surface area contributed by atoms with Crippen molar-refractivity contribution >= 4 is 11.6 Å². The Bertz CT molecular complexity index is 1080. The van der Waals surface area contributed by atoms with E-state index in [-0.39, 0.29) is 17.9 Å². The summed E-state index contributed by atoms with van der Waals surface area (Å²) in [5.41, 5.74) is 6.93. The number of fused-ring (bicyclic) bond motifs is 1. The number of aryl methyl sites for hydroxylation is 2. The molecule has 3 aromatic carbocycles. The number of hydrogen-bond donors (Lipinski definition) is 0. The summed E-state index contributed by atoms with van der Waals surface area (Å²) < 4.78 is 27.9. The van der Waals surface area contributed by atoms with Gasteiger partial charge in [0.15, 0.2) is 0 Å². The van der Waals surface area contributed by atoms with E-state index in [1.807, 2.05) is 44.2 Å². The molecule has 0 radical (unpaired) electrons. The summed E-state index contributed by atoms with van der Waals surface area (Å²) in [6.07, 6.45) is 0.925. The van der Waals surface area contributed by atoms with Crippen LogP contribution < -0.4 is 4.90 Å². The number of hydrogen-bond acceptors (Lipinski definition) is 1. The molecule has 0 N–H and O–H groups in total. The highest BCUT2D eigenvalue weighted by molar-refractivity contribution is 6.07. The van der Waals surface area contributed by atoms with Crippen molar-refractivity contribution < 1.29 is 13.6 Å². The monoisotopic (exact) mass is 391 g/mol. The Morgan fingerprint density at radius 2 is 1.62 bits per heavy atom. The van der Waals surface area contributed by atoms with Gasteiger partial charge in [-0.3, -0.25) is 4.79 Å². The quantitative estimate of drug-likeness (QED) is 0.562. The predicted octanol–water partition coefficient (Wildman–Crippen LogP) is 5.68. The number of anilines is 1. The van der Waals surface area contributed by atoms with E-state index >= 15 is 0 Å². The second kappa shape index (κ2) is 7.43. The first-order valence-corrected chi connectivity index (χ1v) is 9.79. The van der Waals surface area contributed by atoms with Crippen molar-refractivity contribution in [2.75, 3.05) is 11.4 Å². The lowest BCUT2D eigenvalue weighted by molar-refractivity contribution is 0.0989. The van der Waals surface area contributed by atoms with E-state index < -0.39 is 11.6 Å². The van der Waals surface area contributed by atoms with E-state index in [2.05, 4.69) is 6.92 Å². The van der Waals surface area contributed by atoms with Crippen molar-refractivity contribution in [1.82, 2.24) is 0 Å². The van der Waals surface area contributed by atoms with Crippen molar-refractivity contribution in [1.29, 1.82) is 0 Å². The summed E-state index contributed by atoms with van der Waals surface area (Å²) in [7, 11) is 0. The Kier molecular flexibility index (Phi) is 4.95. The number of carbonyl (C=O) groups excluding carboxylic acids is 1. The molecule has 0 aromatic heterocycles. The Morgan fingerprint density at radius 3 is 2.28 bits per heavy atom. The summed E-state index contributed by atoms with van der Waals surface area (Å²) in [6.45, 7) is 6.71. The first-order valence-electron chi connectivity index (χ1n) is 9.79. The van der Waals surface area contributed by atoms with Crippen LogP contribution in [0.5, 0.6) is 0 Å². The number of nitrogens with zero attached hydrogens (tertiary/aromatic N) is 1. The van der Waals surface area contributed by atoms with Crippen molar-refractivity contribution in [3.63, 3.8) is 0 Å². The van der Waals surface area contributed by atoms with Gasteiger partial charge in [-0.05, 0) is 85.3 Å². The summed E-state index contributed by atoms with van der Waals surface area (Å²) in [5, 5.41) is 0. The van der Waals surface area contributed by atoms with Gasteiger partial charge in [0.25, 0.3) is 5.91 Å². The summed E-state index contributed by atoms with van der Waals surface area (Å²) in [4.78, 5) is 14.9. The van der Waals surface area contributed by atoms with Crippen molar-refractivity contribution in [3.05, 3.63) is 99.1 Å². The minimum atomic E-state index is -0.535. The van der Waals surface area contributed by atoms with Crippen molar-refractivity contribution in [2.24, 2.45) is 0 Å². The van der Waals surface area contributed by atoms with Crippen molar-refractivity contribution in [3.8, 4) is 0 Å². The van der Waals surface area contributed by atoms with Gasteiger partial charge in [0.1, 0.15) is 11.6 Å². The maximum Gasteiger partial charge on any atom is 0.258 e. The molecule has 3 aromatic rings. The molecule has 0 fully saturated rings. The van der Waals surface area contributed by atoms with Gasteiger partial charge in [0.05, 0.1) is 0 Å². The zero-order valence-corrected chi connectivity index (χ0v) is 16.9. The van der Waals surface area contributed by atoms with Gasteiger partial charge < -0.3 is 4.90 Å². The minimum absolute atomic E-state index is 0.0113. The molecule has 4 rings (SSSR count). The molecule has 2 nitrogen and oxygen atoms in total. The first-order chi connectivity index (χ1) is 13.8. The molecular weight excluding hydrogens is 368 g/mol. The van der Waals surface area contributed by atoms with Crippen LogP contribution in [0.2, 0.25) is 0 Å². The summed E-state index contributed by atoms with van der Waals surface area (Å²) >= 11 is 0. The largest absolute Gasteiger partial charge is 0.308 e. The Balaban J connectivity index is 1.61. The standard InChI is InChI=1S/C25H23F2NO/c1-15-11-20(12-16(2)17(15)3)25(29)28-10-9-19-13-18(7-8-24(19)28)14-21-22(26)5-4-6-23(21)27/h4-8,11-13H,9-10,14H2,1-3H3. The fourth-order valence-electron chi connectivity index (χ4n) is 4.00. The van der Waals surface area contributed by atoms with Crippen LogP contribution >= 0.6 is 0 Å². The van der Waals surface area contributed by atoms with Gasteiger partial charge in [-0.1, -0.05) is 18.2 Å². The van der Waals surface area contributed by atoms with Crippen LogP contribution in [0.4, 0.5) is 14.5 Å². The zero-order valence-electron chi connectivity index (χ0n) is 16.9. The third kappa shape index (κ3) is 3.55. The molecule has 29 heavy (non-hydrogen) atoms. The van der Waals surface area contributed by atoms with Crippen molar-refractivity contribution in [2.45, 2.75) is 33.6 Å². The van der Waals surface area contributed by atoms with E-state index in [0.29, 0.717) is 12.1 Å². The zero-order chi connectivity index (χ0) is 20.7. The molecule has 0 aliphatic carbocycles. The lowest BCUT2D eigenvalue weighted by Crippen LogP contribution is -2.29. The van der Waals surface area contributed by atoms with Gasteiger partial charge in [0, 0.05) is 29.8 Å². The number of halogens is 2. The van der Waals surface area contributed by atoms with Crippen LogP contribution in [0.3, 0.4) is 0 Å². The number of carbonyl (C=O) groups is 1. The third-order valence-corrected chi connectivity index (χ3v) is 5.90. The molecule has 1 aliphatic rings. The van der Waals surface area contributed by atoms with Crippen LogP contribution in [0.15, 0.2) is 48.5 Å². The average molecular weight is 391 g/mol. The molecule has 1 aliphatic heterocycles. The lowest BCUT2D eigenvalue weighted by atomic mass is 9.99. The molecule has 0 atom stereocenters. The Labute approximate surface area is 169 Å².